The number of amidine groups is 1. The van der Waals surface area contributed by atoms with Gasteiger partial charge in [0.2, 0.25) is 5.88 Å². The highest BCUT2D eigenvalue weighted by Gasteiger charge is 2.35. The smallest absolute Gasteiger partial charge is 0.252 e. The number of amides is 1. The average molecular weight is 399 g/mol. The molecule has 0 spiro atoms. The number of nitrogens with zero attached hydrogens (tertiary/aromatic N) is 2. The number of aromatic hydroxyl groups is 1. The Bertz CT molecular complexity index is 1230. The first-order chi connectivity index (χ1) is 14.6. The fourth-order valence-electron chi connectivity index (χ4n) is 4.35. The van der Waals surface area contributed by atoms with E-state index < -0.39 is 5.54 Å². The van der Waals surface area contributed by atoms with Crippen LogP contribution in [-0.4, -0.2) is 27.4 Å². The molecule has 4 N–H and O–H groups in total. The van der Waals surface area contributed by atoms with Crippen molar-refractivity contribution in [3.63, 3.8) is 0 Å². The summed E-state index contributed by atoms with van der Waals surface area (Å²) in [5.74, 6) is 0.305. The van der Waals surface area contributed by atoms with Crippen LogP contribution in [0.25, 0.3) is 10.9 Å². The Morgan fingerprint density at radius 2 is 2.00 bits per heavy atom. The molecular weight excluding hydrogens is 378 g/mol. The van der Waals surface area contributed by atoms with Gasteiger partial charge in [0.1, 0.15) is 11.4 Å². The molecule has 150 valence electrons. The Kier molecular flexibility index (Phi) is 4.21. The molecule has 1 amide bonds. The molecule has 1 aliphatic carbocycles. The molecule has 0 unspecified atom stereocenters. The SMILES string of the molecule is N#CC1(NC(=O)c2ccc3c(C4=NCc5ccccc5N4)c(O)[nH]c3c2)CCCC1. The molecule has 1 aliphatic heterocycles. The highest BCUT2D eigenvalue weighted by molar-refractivity contribution is 6.18. The maximum atomic E-state index is 12.8. The number of hydrogen-bond acceptors (Lipinski definition) is 5. The largest absolute Gasteiger partial charge is 0.494 e. The van der Waals surface area contributed by atoms with E-state index in [4.69, 9.17) is 0 Å². The van der Waals surface area contributed by atoms with E-state index in [0.717, 1.165) is 29.5 Å². The second kappa shape index (κ2) is 6.92. The number of para-hydroxylation sites is 1. The first kappa shape index (κ1) is 18.3. The molecule has 0 bridgehead atoms. The van der Waals surface area contributed by atoms with Crippen LogP contribution in [0.5, 0.6) is 5.88 Å². The Balaban J connectivity index is 1.46. The van der Waals surface area contributed by atoms with Crippen molar-refractivity contribution in [3.8, 4) is 11.9 Å². The number of aromatic nitrogens is 1. The van der Waals surface area contributed by atoms with Crippen LogP contribution in [0.4, 0.5) is 5.69 Å². The average Bonchev–Trinajstić information content (AvgIpc) is 3.36. The van der Waals surface area contributed by atoms with Gasteiger partial charge in [-0.3, -0.25) is 9.79 Å². The van der Waals surface area contributed by atoms with E-state index >= 15 is 0 Å². The van der Waals surface area contributed by atoms with E-state index in [-0.39, 0.29) is 11.8 Å². The normalized spacial score (nSPS) is 17.0. The van der Waals surface area contributed by atoms with E-state index in [1.54, 1.807) is 18.2 Å². The highest BCUT2D eigenvalue weighted by atomic mass is 16.3. The maximum Gasteiger partial charge on any atom is 0.252 e. The van der Waals surface area contributed by atoms with Crippen LogP contribution in [0.15, 0.2) is 47.5 Å². The van der Waals surface area contributed by atoms with Gasteiger partial charge >= 0.3 is 0 Å². The zero-order chi connectivity index (χ0) is 20.7. The number of nitrogens with one attached hydrogen (secondary N) is 3. The van der Waals surface area contributed by atoms with Gasteiger partial charge in [-0.2, -0.15) is 5.26 Å². The van der Waals surface area contributed by atoms with Gasteiger partial charge < -0.3 is 20.7 Å². The standard InChI is InChI=1S/C23H21N5O2/c24-13-23(9-3-4-10-23)28-21(29)14-7-8-16-18(11-14)27-22(30)19(16)20-25-12-15-5-1-2-6-17(15)26-20/h1-2,5-8,11,27,30H,3-4,9-10,12H2,(H,25,26)(H,28,29). The third-order valence-corrected chi connectivity index (χ3v) is 5.98. The number of anilines is 1. The predicted octanol–water partition coefficient (Wildman–Crippen LogP) is 3.81. The molecule has 2 heterocycles. The van der Waals surface area contributed by atoms with Crippen LogP contribution < -0.4 is 10.6 Å². The molecule has 7 heteroatoms. The van der Waals surface area contributed by atoms with Crippen molar-refractivity contribution in [1.82, 2.24) is 10.3 Å². The van der Waals surface area contributed by atoms with Crippen molar-refractivity contribution < 1.29 is 9.90 Å². The van der Waals surface area contributed by atoms with Gasteiger partial charge in [-0.15, -0.1) is 0 Å². The third-order valence-electron chi connectivity index (χ3n) is 5.98. The van der Waals surface area contributed by atoms with Crippen molar-refractivity contribution in [2.45, 2.75) is 37.8 Å². The summed E-state index contributed by atoms with van der Waals surface area (Å²) in [6, 6.07) is 15.4. The number of hydrogen-bond donors (Lipinski definition) is 4. The van der Waals surface area contributed by atoms with Gasteiger partial charge in [0.05, 0.1) is 18.2 Å². The monoisotopic (exact) mass is 399 g/mol. The van der Waals surface area contributed by atoms with Gasteiger partial charge in [-0.1, -0.05) is 24.3 Å². The van der Waals surface area contributed by atoms with E-state index in [9.17, 15) is 15.2 Å². The Morgan fingerprint density at radius 1 is 1.20 bits per heavy atom. The first-order valence-electron chi connectivity index (χ1n) is 10.1. The number of aromatic amines is 1. The lowest BCUT2D eigenvalue weighted by Crippen LogP contribution is -2.45. The number of H-pyrrole nitrogens is 1. The van der Waals surface area contributed by atoms with Crippen molar-refractivity contribution in [1.29, 1.82) is 5.26 Å². The second-order valence-corrected chi connectivity index (χ2v) is 7.91. The molecule has 2 aliphatic rings. The number of carbonyl (C=O) groups is 1. The summed E-state index contributed by atoms with van der Waals surface area (Å²) >= 11 is 0. The van der Waals surface area contributed by atoms with E-state index in [2.05, 4.69) is 26.7 Å². The lowest BCUT2D eigenvalue weighted by Gasteiger charge is -2.22. The van der Waals surface area contributed by atoms with E-state index in [1.165, 1.54) is 0 Å². The van der Waals surface area contributed by atoms with Gasteiger partial charge in [0.25, 0.3) is 5.91 Å². The fourth-order valence-corrected chi connectivity index (χ4v) is 4.35. The highest BCUT2D eigenvalue weighted by Crippen LogP contribution is 2.32. The minimum Gasteiger partial charge on any atom is -0.494 e. The molecule has 1 aromatic heterocycles. The number of fused-ring (bicyclic) bond motifs is 2. The zero-order valence-corrected chi connectivity index (χ0v) is 16.3. The molecule has 1 saturated carbocycles. The minimum absolute atomic E-state index is 0.00234. The van der Waals surface area contributed by atoms with Crippen LogP contribution in [0.1, 0.15) is 47.2 Å². The van der Waals surface area contributed by atoms with E-state index in [1.807, 2.05) is 24.3 Å². The van der Waals surface area contributed by atoms with Crippen molar-refractivity contribution in [2.75, 3.05) is 5.32 Å². The van der Waals surface area contributed by atoms with Crippen LogP contribution in [0.3, 0.4) is 0 Å². The number of nitriles is 1. The lowest BCUT2D eigenvalue weighted by molar-refractivity contribution is 0.0921. The molecule has 2 aromatic carbocycles. The quantitative estimate of drug-likeness (QED) is 0.536. The second-order valence-electron chi connectivity index (χ2n) is 7.91. The molecule has 5 rings (SSSR count). The summed E-state index contributed by atoms with van der Waals surface area (Å²) < 4.78 is 0. The molecule has 0 atom stereocenters. The Labute approximate surface area is 173 Å². The summed E-state index contributed by atoms with van der Waals surface area (Å²) in [5.41, 5.74) is 2.94. The summed E-state index contributed by atoms with van der Waals surface area (Å²) in [7, 11) is 0. The summed E-state index contributed by atoms with van der Waals surface area (Å²) in [6.45, 7) is 0.529. The molecule has 1 fully saturated rings. The number of benzene rings is 2. The lowest BCUT2D eigenvalue weighted by atomic mass is 9.99. The molecule has 0 radical (unpaired) electrons. The van der Waals surface area contributed by atoms with Crippen LogP contribution in [-0.2, 0) is 6.54 Å². The van der Waals surface area contributed by atoms with Gasteiger partial charge in [0.15, 0.2) is 0 Å². The summed E-state index contributed by atoms with van der Waals surface area (Å²) in [6.07, 6.45) is 3.24. The van der Waals surface area contributed by atoms with Gasteiger partial charge in [-0.25, -0.2) is 0 Å². The maximum absolute atomic E-state index is 12.8. The third kappa shape index (κ3) is 2.98. The van der Waals surface area contributed by atoms with Crippen molar-refractivity contribution in [3.05, 3.63) is 59.2 Å². The summed E-state index contributed by atoms with van der Waals surface area (Å²) in [4.78, 5) is 20.3. The summed E-state index contributed by atoms with van der Waals surface area (Å²) in [5, 5.41) is 27.0. The van der Waals surface area contributed by atoms with Gasteiger partial charge in [0, 0.05) is 22.2 Å². The predicted molar refractivity (Wildman–Crippen MR) is 115 cm³/mol. The molecule has 3 aromatic rings. The molecule has 7 nitrogen and oxygen atoms in total. The molecule has 30 heavy (non-hydrogen) atoms. The van der Waals surface area contributed by atoms with E-state index in [0.29, 0.717) is 41.9 Å². The number of aliphatic imine (C=N–C) groups is 1. The van der Waals surface area contributed by atoms with Gasteiger partial charge in [-0.05, 0) is 49.4 Å². The molecular formula is C23H21N5O2. The van der Waals surface area contributed by atoms with Crippen molar-refractivity contribution >= 4 is 28.3 Å². The Hall–Kier alpha value is -3.79. The van der Waals surface area contributed by atoms with Crippen LogP contribution in [0, 0.1) is 11.3 Å². The first-order valence-corrected chi connectivity index (χ1v) is 10.1. The van der Waals surface area contributed by atoms with Crippen molar-refractivity contribution in [2.24, 2.45) is 4.99 Å². The van der Waals surface area contributed by atoms with Crippen LogP contribution >= 0.6 is 0 Å². The molecule has 0 saturated heterocycles. The topological polar surface area (TPSA) is 113 Å². The Morgan fingerprint density at radius 3 is 2.80 bits per heavy atom. The number of carbonyl (C=O) groups excluding carboxylic acids is 1. The van der Waals surface area contributed by atoms with Crippen LogP contribution in [0.2, 0.25) is 0 Å². The zero-order valence-electron chi connectivity index (χ0n) is 16.3. The minimum atomic E-state index is -0.775. The number of rotatable bonds is 3. The fraction of sp³-hybridized carbons (Fsp3) is 0.261.